The highest BCUT2D eigenvalue weighted by atomic mass is 19.1. The van der Waals surface area contributed by atoms with Crippen molar-refractivity contribution < 1.29 is 13.9 Å². The fraction of sp³-hybridized carbons (Fsp3) is 0.235. The first-order valence-electron chi connectivity index (χ1n) is 6.88. The van der Waals surface area contributed by atoms with E-state index in [2.05, 4.69) is 5.32 Å². The van der Waals surface area contributed by atoms with Crippen molar-refractivity contribution in [1.82, 2.24) is 0 Å². The Balaban J connectivity index is 2.03. The van der Waals surface area contributed by atoms with Gasteiger partial charge in [-0.05, 0) is 55.3 Å². The van der Waals surface area contributed by atoms with Gasteiger partial charge in [-0.2, -0.15) is 0 Å². The van der Waals surface area contributed by atoms with Crippen LogP contribution in [0.3, 0.4) is 0 Å². The molecule has 2 aromatic rings. The van der Waals surface area contributed by atoms with E-state index in [1.807, 2.05) is 38.1 Å². The molecule has 1 atom stereocenters. The van der Waals surface area contributed by atoms with E-state index >= 15 is 0 Å². The summed E-state index contributed by atoms with van der Waals surface area (Å²) in [5, 5.41) is 2.83. The van der Waals surface area contributed by atoms with Crippen LogP contribution in [0.15, 0.2) is 48.5 Å². The molecule has 2 rings (SSSR count). The van der Waals surface area contributed by atoms with E-state index in [-0.39, 0.29) is 11.7 Å². The van der Waals surface area contributed by atoms with Crippen molar-refractivity contribution in [2.75, 3.05) is 5.32 Å². The fourth-order valence-electron chi connectivity index (χ4n) is 1.95. The molecule has 2 aromatic carbocycles. The summed E-state index contributed by atoms with van der Waals surface area (Å²) in [6.07, 6.45) is -0.0920. The summed E-state index contributed by atoms with van der Waals surface area (Å²) in [6.45, 7) is 3.83. The van der Waals surface area contributed by atoms with E-state index in [9.17, 15) is 9.18 Å². The van der Waals surface area contributed by atoms with Gasteiger partial charge >= 0.3 is 0 Å². The van der Waals surface area contributed by atoms with Crippen molar-refractivity contribution in [3.63, 3.8) is 0 Å². The lowest BCUT2D eigenvalue weighted by atomic mass is 10.2. The quantitative estimate of drug-likeness (QED) is 0.905. The second-order valence-electron chi connectivity index (χ2n) is 4.83. The molecule has 0 aliphatic rings. The average Bonchev–Trinajstić information content (AvgIpc) is 2.46. The predicted octanol–water partition coefficient (Wildman–Crippen LogP) is 3.93. The van der Waals surface area contributed by atoms with Crippen LogP contribution in [0.2, 0.25) is 0 Å². The maximum atomic E-state index is 12.9. The monoisotopic (exact) mass is 287 g/mol. The van der Waals surface area contributed by atoms with Crippen molar-refractivity contribution in [3.05, 3.63) is 59.9 Å². The molecule has 0 aliphatic carbocycles. The van der Waals surface area contributed by atoms with Crippen molar-refractivity contribution >= 4 is 11.6 Å². The van der Waals surface area contributed by atoms with Crippen molar-refractivity contribution in [2.24, 2.45) is 0 Å². The van der Waals surface area contributed by atoms with Gasteiger partial charge in [0, 0.05) is 5.69 Å². The van der Waals surface area contributed by atoms with E-state index < -0.39 is 6.10 Å². The van der Waals surface area contributed by atoms with Gasteiger partial charge in [0.1, 0.15) is 11.6 Å². The van der Waals surface area contributed by atoms with Crippen LogP contribution in [-0.4, -0.2) is 12.0 Å². The molecular weight excluding hydrogens is 269 g/mol. The van der Waals surface area contributed by atoms with E-state index in [4.69, 9.17) is 4.74 Å². The van der Waals surface area contributed by atoms with Gasteiger partial charge in [-0.25, -0.2) is 4.39 Å². The minimum absolute atomic E-state index is 0.215. The van der Waals surface area contributed by atoms with Crippen LogP contribution in [0.25, 0.3) is 0 Å². The third kappa shape index (κ3) is 4.31. The van der Waals surface area contributed by atoms with Crippen LogP contribution in [0.1, 0.15) is 18.9 Å². The summed E-state index contributed by atoms with van der Waals surface area (Å²) in [5.41, 5.74) is 1.81. The third-order valence-corrected chi connectivity index (χ3v) is 3.04. The third-order valence-electron chi connectivity index (χ3n) is 3.04. The van der Waals surface area contributed by atoms with E-state index in [1.165, 1.54) is 24.3 Å². The van der Waals surface area contributed by atoms with Crippen LogP contribution in [0.4, 0.5) is 10.1 Å². The first-order valence-corrected chi connectivity index (χ1v) is 6.88. The number of amides is 1. The number of anilines is 1. The second-order valence-corrected chi connectivity index (χ2v) is 4.83. The van der Waals surface area contributed by atoms with Crippen molar-refractivity contribution in [2.45, 2.75) is 26.4 Å². The minimum Gasteiger partial charge on any atom is -0.481 e. The number of rotatable bonds is 5. The van der Waals surface area contributed by atoms with Gasteiger partial charge in [0.05, 0.1) is 0 Å². The lowest BCUT2D eigenvalue weighted by Gasteiger charge is -2.17. The van der Waals surface area contributed by atoms with Crippen LogP contribution >= 0.6 is 0 Å². The molecular formula is C17H18FNO2. The average molecular weight is 287 g/mol. The van der Waals surface area contributed by atoms with Gasteiger partial charge in [0.15, 0.2) is 6.10 Å². The molecule has 1 N–H and O–H groups in total. The Kier molecular flexibility index (Phi) is 4.93. The van der Waals surface area contributed by atoms with Crippen LogP contribution in [0.5, 0.6) is 5.75 Å². The van der Waals surface area contributed by atoms with Crippen LogP contribution in [-0.2, 0) is 4.79 Å². The highest BCUT2D eigenvalue weighted by Gasteiger charge is 2.18. The zero-order valence-electron chi connectivity index (χ0n) is 12.1. The van der Waals surface area contributed by atoms with Gasteiger partial charge in [0.25, 0.3) is 5.91 Å². The number of hydrogen-bond donors (Lipinski definition) is 1. The normalized spacial score (nSPS) is 11.8. The smallest absolute Gasteiger partial charge is 0.265 e. The summed E-state index contributed by atoms with van der Waals surface area (Å²) in [5.74, 6) is -0.0744. The SMILES string of the molecule is CC[C@@H](Oc1ccc(F)cc1)C(=O)Nc1cccc(C)c1. The summed E-state index contributed by atoms with van der Waals surface area (Å²) in [4.78, 5) is 12.2. The van der Waals surface area contributed by atoms with Crippen molar-refractivity contribution in [3.8, 4) is 5.75 Å². The Morgan fingerprint density at radius 3 is 2.57 bits per heavy atom. The summed E-state index contributed by atoms with van der Waals surface area (Å²) >= 11 is 0. The Hall–Kier alpha value is -2.36. The Labute approximate surface area is 123 Å². The minimum atomic E-state index is -0.615. The van der Waals surface area contributed by atoms with Gasteiger partial charge in [-0.15, -0.1) is 0 Å². The number of hydrogen-bond acceptors (Lipinski definition) is 2. The maximum absolute atomic E-state index is 12.9. The lowest BCUT2D eigenvalue weighted by Crippen LogP contribution is -2.32. The van der Waals surface area contributed by atoms with Crippen LogP contribution < -0.4 is 10.1 Å². The Morgan fingerprint density at radius 2 is 1.95 bits per heavy atom. The zero-order valence-corrected chi connectivity index (χ0v) is 12.1. The topological polar surface area (TPSA) is 38.3 Å². The molecule has 0 bridgehead atoms. The molecule has 0 spiro atoms. The van der Waals surface area contributed by atoms with Gasteiger partial charge < -0.3 is 10.1 Å². The highest BCUT2D eigenvalue weighted by molar-refractivity contribution is 5.94. The van der Waals surface area contributed by atoms with E-state index in [0.29, 0.717) is 12.2 Å². The molecule has 0 aromatic heterocycles. The number of nitrogens with one attached hydrogen (secondary N) is 1. The van der Waals surface area contributed by atoms with Gasteiger partial charge in [-0.3, -0.25) is 4.79 Å². The predicted molar refractivity (Wildman–Crippen MR) is 80.9 cm³/mol. The zero-order chi connectivity index (χ0) is 15.2. The Morgan fingerprint density at radius 1 is 1.24 bits per heavy atom. The summed E-state index contributed by atoms with van der Waals surface area (Å²) in [7, 11) is 0. The highest BCUT2D eigenvalue weighted by Crippen LogP contribution is 2.16. The number of ether oxygens (including phenoxy) is 1. The summed E-state index contributed by atoms with van der Waals surface area (Å²) in [6, 6.07) is 13.2. The standard InChI is InChI=1S/C17H18FNO2/c1-3-16(21-15-9-7-13(18)8-10-15)17(20)19-14-6-4-5-12(2)11-14/h4-11,16H,3H2,1-2H3,(H,19,20)/t16-/m1/s1. The molecule has 21 heavy (non-hydrogen) atoms. The van der Waals surface area contributed by atoms with Crippen molar-refractivity contribution in [1.29, 1.82) is 0 Å². The first-order chi connectivity index (χ1) is 10.1. The largest absolute Gasteiger partial charge is 0.481 e. The summed E-state index contributed by atoms with van der Waals surface area (Å²) < 4.78 is 18.5. The number of carbonyl (C=O) groups excluding carboxylic acids is 1. The number of halogens is 1. The maximum Gasteiger partial charge on any atom is 0.265 e. The van der Waals surface area contributed by atoms with Gasteiger partial charge in [0.2, 0.25) is 0 Å². The molecule has 1 amide bonds. The number of carbonyl (C=O) groups is 1. The Bertz CT molecular complexity index is 610. The molecule has 4 heteroatoms. The number of aryl methyl sites for hydroxylation is 1. The molecule has 0 saturated heterocycles. The fourth-order valence-corrected chi connectivity index (χ4v) is 1.95. The molecule has 0 radical (unpaired) electrons. The number of benzene rings is 2. The molecule has 0 aliphatic heterocycles. The van der Waals surface area contributed by atoms with E-state index in [0.717, 1.165) is 11.3 Å². The molecule has 110 valence electrons. The molecule has 0 saturated carbocycles. The van der Waals surface area contributed by atoms with Gasteiger partial charge in [-0.1, -0.05) is 19.1 Å². The van der Waals surface area contributed by atoms with Crippen LogP contribution in [0, 0.1) is 12.7 Å². The molecule has 3 nitrogen and oxygen atoms in total. The first kappa shape index (κ1) is 15.0. The van der Waals surface area contributed by atoms with E-state index in [1.54, 1.807) is 0 Å². The molecule has 0 unspecified atom stereocenters. The second kappa shape index (κ2) is 6.88. The lowest BCUT2D eigenvalue weighted by molar-refractivity contribution is -0.122. The molecule has 0 heterocycles. The molecule has 0 fully saturated rings.